The molecule has 0 radical (unpaired) electrons. The van der Waals surface area contributed by atoms with Crippen LogP contribution in [0.1, 0.15) is 53.0 Å². The molecule has 2 amide bonds. The minimum atomic E-state index is -0.173. The quantitative estimate of drug-likeness (QED) is 0.819. The maximum Gasteiger partial charge on any atom is 0.253 e. The molecule has 1 fully saturated rings. The monoisotopic (exact) mass is 354 g/mol. The van der Waals surface area contributed by atoms with Gasteiger partial charge in [-0.1, -0.05) is 42.5 Å². The standard InChI is InChI=1S/C13H20N2O2.C9H10/c1-12(2)7-9(8-13(3,4)14-12)15-10(16)5-6-11(15)17;1-2-6-9-7-4-3-5-8-9/h5-6,9,14H,7-8H2,1-4H3;2-8H,1H3. The highest BCUT2D eigenvalue weighted by molar-refractivity contribution is 6.13. The number of piperidine rings is 1. The summed E-state index contributed by atoms with van der Waals surface area (Å²) in [6.07, 6.45) is 8.45. The van der Waals surface area contributed by atoms with E-state index in [0.29, 0.717) is 0 Å². The summed E-state index contributed by atoms with van der Waals surface area (Å²) in [5.74, 6) is -0.345. The van der Waals surface area contributed by atoms with E-state index in [-0.39, 0.29) is 28.9 Å². The van der Waals surface area contributed by atoms with Gasteiger partial charge in [0.1, 0.15) is 0 Å². The van der Waals surface area contributed by atoms with Crippen LogP contribution in [-0.2, 0) is 9.59 Å². The SMILES string of the molecule is CC1(C)CC(N2C(=O)C=CC2=O)CC(C)(C)N1.CC=Cc1ccccc1. The zero-order valence-electron chi connectivity index (χ0n) is 16.5. The average Bonchev–Trinajstić information content (AvgIpc) is 2.85. The molecule has 0 atom stereocenters. The first kappa shape index (κ1) is 20.1. The fraction of sp³-hybridized carbons (Fsp3) is 0.455. The Labute approximate surface area is 157 Å². The maximum absolute atomic E-state index is 11.7. The zero-order chi connectivity index (χ0) is 19.4. The molecule has 0 unspecified atom stereocenters. The van der Waals surface area contributed by atoms with Crippen LogP contribution in [0.3, 0.4) is 0 Å². The molecule has 2 heterocycles. The third kappa shape index (κ3) is 5.40. The van der Waals surface area contributed by atoms with Gasteiger partial charge in [0.05, 0.1) is 0 Å². The van der Waals surface area contributed by atoms with Crippen LogP contribution in [-0.4, -0.2) is 33.8 Å². The predicted molar refractivity (Wildman–Crippen MR) is 106 cm³/mol. The van der Waals surface area contributed by atoms with Gasteiger partial charge < -0.3 is 5.32 Å². The van der Waals surface area contributed by atoms with Crippen molar-refractivity contribution in [2.75, 3.05) is 0 Å². The second-order valence-corrected chi connectivity index (χ2v) is 8.25. The summed E-state index contributed by atoms with van der Waals surface area (Å²) < 4.78 is 0. The van der Waals surface area contributed by atoms with Gasteiger partial charge in [-0.15, -0.1) is 0 Å². The second-order valence-electron chi connectivity index (χ2n) is 8.25. The third-order valence-electron chi connectivity index (χ3n) is 4.54. The van der Waals surface area contributed by atoms with Gasteiger partial charge in [-0.3, -0.25) is 14.5 Å². The fourth-order valence-corrected chi connectivity index (χ4v) is 3.98. The number of allylic oxidation sites excluding steroid dienone is 1. The lowest BCUT2D eigenvalue weighted by atomic mass is 9.79. The topological polar surface area (TPSA) is 49.4 Å². The second kappa shape index (κ2) is 8.00. The van der Waals surface area contributed by atoms with Crippen molar-refractivity contribution in [3.05, 3.63) is 54.1 Å². The molecule has 0 saturated carbocycles. The Hall–Kier alpha value is -2.20. The highest BCUT2D eigenvalue weighted by Crippen LogP contribution is 2.32. The van der Waals surface area contributed by atoms with Gasteiger partial charge in [-0.2, -0.15) is 0 Å². The van der Waals surface area contributed by atoms with Crippen molar-refractivity contribution < 1.29 is 9.59 Å². The number of hydrogen-bond donors (Lipinski definition) is 1. The first-order chi connectivity index (χ1) is 12.1. The highest BCUT2D eigenvalue weighted by Gasteiger charge is 2.43. The number of imide groups is 1. The molecule has 3 rings (SSSR count). The van der Waals surface area contributed by atoms with Crippen molar-refractivity contribution >= 4 is 17.9 Å². The molecule has 140 valence electrons. The smallest absolute Gasteiger partial charge is 0.253 e. The lowest BCUT2D eigenvalue weighted by Gasteiger charge is -2.48. The Kier molecular flexibility index (Phi) is 6.19. The van der Waals surface area contributed by atoms with Crippen molar-refractivity contribution in [3.63, 3.8) is 0 Å². The first-order valence-corrected chi connectivity index (χ1v) is 9.16. The van der Waals surface area contributed by atoms with Gasteiger partial charge in [0, 0.05) is 29.3 Å². The Balaban J connectivity index is 0.000000228. The molecular formula is C22H30N2O2. The number of carbonyl (C=O) groups is 2. The molecule has 1 N–H and O–H groups in total. The zero-order valence-corrected chi connectivity index (χ0v) is 16.5. The highest BCUT2D eigenvalue weighted by atomic mass is 16.2. The first-order valence-electron chi connectivity index (χ1n) is 9.16. The molecule has 0 aromatic heterocycles. The van der Waals surface area contributed by atoms with Crippen LogP contribution in [0.2, 0.25) is 0 Å². The van der Waals surface area contributed by atoms with E-state index in [1.807, 2.05) is 31.2 Å². The van der Waals surface area contributed by atoms with Crippen molar-refractivity contribution in [3.8, 4) is 0 Å². The molecule has 0 bridgehead atoms. The van der Waals surface area contributed by atoms with Crippen LogP contribution < -0.4 is 5.32 Å². The van der Waals surface area contributed by atoms with E-state index in [2.05, 4.69) is 51.2 Å². The molecule has 1 aromatic carbocycles. The van der Waals surface area contributed by atoms with E-state index in [9.17, 15) is 9.59 Å². The summed E-state index contributed by atoms with van der Waals surface area (Å²) in [5, 5.41) is 3.55. The minimum Gasteiger partial charge on any atom is -0.307 e. The lowest BCUT2D eigenvalue weighted by Crippen LogP contribution is -2.62. The van der Waals surface area contributed by atoms with E-state index in [0.717, 1.165) is 12.8 Å². The number of rotatable bonds is 2. The van der Waals surface area contributed by atoms with Crippen LogP contribution in [0.5, 0.6) is 0 Å². The third-order valence-corrected chi connectivity index (χ3v) is 4.54. The van der Waals surface area contributed by atoms with Crippen LogP contribution >= 0.6 is 0 Å². The van der Waals surface area contributed by atoms with Gasteiger partial charge >= 0.3 is 0 Å². The normalized spacial score (nSPS) is 21.8. The average molecular weight is 354 g/mol. The fourth-order valence-electron chi connectivity index (χ4n) is 3.98. The summed E-state index contributed by atoms with van der Waals surface area (Å²) in [4.78, 5) is 24.8. The van der Waals surface area contributed by atoms with E-state index in [1.165, 1.54) is 22.6 Å². The van der Waals surface area contributed by atoms with E-state index < -0.39 is 0 Å². The van der Waals surface area contributed by atoms with Crippen molar-refractivity contribution in [1.82, 2.24) is 10.2 Å². The molecule has 1 saturated heterocycles. The number of hydrogen-bond acceptors (Lipinski definition) is 3. The number of benzene rings is 1. The molecule has 2 aliphatic rings. The largest absolute Gasteiger partial charge is 0.307 e. The summed E-state index contributed by atoms with van der Waals surface area (Å²) >= 11 is 0. The van der Waals surface area contributed by atoms with E-state index in [1.54, 1.807) is 0 Å². The van der Waals surface area contributed by atoms with Gasteiger partial charge in [0.2, 0.25) is 0 Å². The maximum atomic E-state index is 11.7. The minimum absolute atomic E-state index is 0.00347. The molecule has 4 heteroatoms. The van der Waals surface area contributed by atoms with E-state index >= 15 is 0 Å². The van der Waals surface area contributed by atoms with Crippen LogP contribution in [0.15, 0.2) is 48.6 Å². The van der Waals surface area contributed by atoms with Crippen LogP contribution in [0.25, 0.3) is 6.08 Å². The summed E-state index contributed by atoms with van der Waals surface area (Å²) in [7, 11) is 0. The Bertz CT molecular complexity index is 668. The van der Waals surface area contributed by atoms with Crippen LogP contribution in [0.4, 0.5) is 0 Å². The molecule has 0 aliphatic carbocycles. The predicted octanol–water partition coefficient (Wildman–Crippen LogP) is 3.94. The number of nitrogens with zero attached hydrogens (tertiary/aromatic N) is 1. The van der Waals surface area contributed by atoms with Gasteiger partial charge in [0.25, 0.3) is 11.8 Å². The number of carbonyl (C=O) groups excluding carboxylic acids is 2. The Morgan fingerprint density at radius 1 is 0.962 bits per heavy atom. The number of nitrogens with one attached hydrogen (secondary N) is 1. The number of amides is 2. The summed E-state index contributed by atoms with van der Waals surface area (Å²) in [6, 6.07) is 10.3. The molecule has 1 aromatic rings. The summed E-state index contributed by atoms with van der Waals surface area (Å²) in [6.45, 7) is 10.5. The van der Waals surface area contributed by atoms with Gasteiger partial charge in [0.15, 0.2) is 0 Å². The molecule has 4 nitrogen and oxygen atoms in total. The van der Waals surface area contributed by atoms with E-state index in [4.69, 9.17) is 0 Å². The van der Waals surface area contributed by atoms with Crippen molar-refractivity contribution in [2.45, 2.75) is 64.6 Å². The molecule has 0 spiro atoms. The summed E-state index contributed by atoms with van der Waals surface area (Å²) in [5.41, 5.74) is 1.14. The van der Waals surface area contributed by atoms with Crippen molar-refractivity contribution in [1.29, 1.82) is 0 Å². The Morgan fingerprint density at radius 2 is 1.46 bits per heavy atom. The molecule has 26 heavy (non-hydrogen) atoms. The van der Waals surface area contributed by atoms with Crippen LogP contribution in [0, 0.1) is 0 Å². The van der Waals surface area contributed by atoms with Gasteiger partial charge in [-0.25, -0.2) is 0 Å². The molecular weight excluding hydrogens is 324 g/mol. The lowest BCUT2D eigenvalue weighted by molar-refractivity contribution is -0.141. The van der Waals surface area contributed by atoms with Gasteiger partial charge in [-0.05, 0) is 53.0 Å². The Morgan fingerprint density at radius 3 is 1.92 bits per heavy atom. The van der Waals surface area contributed by atoms with Crippen molar-refractivity contribution in [2.24, 2.45) is 0 Å². The molecule has 2 aliphatic heterocycles.